The first-order valence-corrected chi connectivity index (χ1v) is 11.0. The Morgan fingerprint density at radius 2 is 1.97 bits per heavy atom. The topological polar surface area (TPSA) is 59.6 Å². The first-order chi connectivity index (χ1) is 14.4. The number of ether oxygens (including phenoxy) is 2. The number of halogens is 2. The summed E-state index contributed by atoms with van der Waals surface area (Å²) in [6, 6.07) is 8.91. The standard InChI is InChI=1S/C23H28Cl2N2O3/c1-14(2)18-12-17(6-7-21(18)29-3)30-23-19(24)10-16(11-20(23)25)27-22(28)9-15-5-4-8-26-13-15/h6-7,10-12,14-15,26H,4-5,8-9,13H2,1-3H3,(H,27,28)/t15-/m1/s1. The van der Waals surface area contributed by atoms with Crippen LogP contribution in [0.2, 0.25) is 10.0 Å². The van der Waals surface area contributed by atoms with Crippen molar-refractivity contribution in [3.8, 4) is 17.2 Å². The van der Waals surface area contributed by atoms with E-state index in [0.717, 1.165) is 37.2 Å². The van der Waals surface area contributed by atoms with Gasteiger partial charge in [0.05, 0.1) is 17.2 Å². The minimum absolute atomic E-state index is 0.0405. The van der Waals surface area contributed by atoms with Crippen molar-refractivity contribution in [2.75, 3.05) is 25.5 Å². The summed E-state index contributed by atoms with van der Waals surface area (Å²) in [5.74, 6) is 2.36. The molecular weight excluding hydrogens is 423 g/mol. The number of hydrogen-bond donors (Lipinski definition) is 2. The minimum atomic E-state index is -0.0405. The second-order valence-electron chi connectivity index (χ2n) is 7.89. The van der Waals surface area contributed by atoms with Gasteiger partial charge in [0.1, 0.15) is 11.5 Å². The van der Waals surface area contributed by atoms with Gasteiger partial charge in [-0.2, -0.15) is 0 Å². The lowest BCUT2D eigenvalue weighted by Gasteiger charge is -2.22. The lowest BCUT2D eigenvalue weighted by molar-refractivity contribution is -0.117. The second-order valence-corrected chi connectivity index (χ2v) is 8.71. The molecule has 1 atom stereocenters. The van der Waals surface area contributed by atoms with Crippen molar-refractivity contribution in [3.05, 3.63) is 45.9 Å². The average molecular weight is 451 g/mol. The molecule has 5 nitrogen and oxygen atoms in total. The molecule has 2 N–H and O–H groups in total. The number of amides is 1. The van der Waals surface area contributed by atoms with E-state index >= 15 is 0 Å². The van der Waals surface area contributed by atoms with Gasteiger partial charge in [-0.15, -0.1) is 0 Å². The van der Waals surface area contributed by atoms with Gasteiger partial charge in [0.15, 0.2) is 5.75 Å². The SMILES string of the molecule is COc1ccc(Oc2c(Cl)cc(NC(=O)C[C@H]3CCCNC3)cc2Cl)cc1C(C)C. The zero-order valence-corrected chi connectivity index (χ0v) is 19.1. The van der Waals surface area contributed by atoms with E-state index in [1.807, 2.05) is 18.2 Å². The van der Waals surface area contributed by atoms with Gasteiger partial charge in [-0.3, -0.25) is 4.79 Å². The molecule has 1 aliphatic rings. The highest BCUT2D eigenvalue weighted by atomic mass is 35.5. The molecule has 1 heterocycles. The molecule has 162 valence electrons. The fourth-order valence-corrected chi connectivity index (χ4v) is 4.21. The summed E-state index contributed by atoms with van der Waals surface area (Å²) < 4.78 is 11.4. The maximum absolute atomic E-state index is 12.4. The number of anilines is 1. The molecule has 0 radical (unpaired) electrons. The van der Waals surface area contributed by atoms with Crippen LogP contribution in [0.4, 0.5) is 5.69 Å². The molecule has 1 fully saturated rings. The van der Waals surface area contributed by atoms with Crippen molar-refractivity contribution in [3.63, 3.8) is 0 Å². The maximum Gasteiger partial charge on any atom is 0.224 e. The van der Waals surface area contributed by atoms with Crippen LogP contribution in [0.5, 0.6) is 17.2 Å². The highest BCUT2D eigenvalue weighted by Crippen LogP contribution is 2.40. The van der Waals surface area contributed by atoms with Crippen LogP contribution < -0.4 is 20.1 Å². The summed E-state index contributed by atoms with van der Waals surface area (Å²) in [6.07, 6.45) is 2.64. The van der Waals surface area contributed by atoms with E-state index < -0.39 is 0 Å². The highest BCUT2D eigenvalue weighted by Gasteiger charge is 2.18. The third-order valence-corrected chi connectivity index (χ3v) is 5.76. The van der Waals surface area contributed by atoms with Gasteiger partial charge in [-0.1, -0.05) is 37.0 Å². The lowest BCUT2D eigenvalue weighted by atomic mass is 9.96. The molecule has 7 heteroatoms. The largest absolute Gasteiger partial charge is 0.496 e. The number of benzene rings is 2. The summed E-state index contributed by atoms with van der Waals surface area (Å²) in [7, 11) is 1.65. The third-order valence-electron chi connectivity index (χ3n) is 5.20. The van der Waals surface area contributed by atoms with Gasteiger partial charge in [0.2, 0.25) is 5.91 Å². The van der Waals surface area contributed by atoms with Crippen molar-refractivity contribution in [1.29, 1.82) is 0 Å². The summed E-state index contributed by atoms with van der Waals surface area (Å²) in [5, 5.41) is 6.88. The average Bonchev–Trinajstić information content (AvgIpc) is 2.71. The number of carbonyl (C=O) groups excluding carboxylic acids is 1. The van der Waals surface area contributed by atoms with Crippen molar-refractivity contribution in [1.82, 2.24) is 5.32 Å². The van der Waals surface area contributed by atoms with Crippen LogP contribution in [-0.2, 0) is 4.79 Å². The molecular formula is C23H28Cl2N2O3. The van der Waals surface area contributed by atoms with E-state index in [1.54, 1.807) is 19.2 Å². The highest BCUT2D eigenvalue weighted by molar-refractivity contribution is 6.37. The van der Waals surface area contributed by atoms with Crippen LogP contribution in [0.25, 0.3) is 0 Å². The molecule has 0 aromatic heterocycles. The number of nitrogens with one attached hydrogen (secondary N) is 2. The first kappa shape index (κ1) is 22.7. The number of hydrogen-bond acceptors (Lipinski definition) is 4. The molecule has 0 bridgehead atoms. The Hall–Kier alpha value is -1.95. The normalized spacial score (nSPS) is 16.4. The van der Waals surface area contributed by atoms with Crippen molar-refractivity contribution in [2.45, 2.75) is 39.0 Å². The van der Waals surface area contributed by atoms with Crippen molar-refractivity contribution < 1.29 is 14.3 Å². The van der Waals surface area contributed by atoms with E-state index in [-0.39, 0.29) is 11.8 Å². The summed E-state index contributed by atoms with van der Waals surface area (Å²) in [4.78, 5) is 12.4. The van der Waals surface area contributed by atoms with E-state index in [0.29, 0.717) is 39.6 Å². The van der Waals surface area contributed by atoms with E-state index in [2.05, 4.69) is 24.5 Å². The van der Waals surface area contributed by atoms with Crippen LogP contribution in [0.3, 0.4) is 0 Å². The Labute approximate surface area is 188 Å². The second kappa shape index (κ2) is 10.4. The zero-order chi connectivity index (χ0) is 21.7. The molecule has 0 aliphatic carbocycles. The predicted octanol–water partition coefficient (Wildman–Crippen LogP) is 6.25. The van der Waals surface area contributed by atoms with Crippen LogP contribution in [0.15, 0.2) is 30.3 Å². The molecule has 0 unspecified atom stereocenters. The molecule has 2 aromatic rings. The Bertz CT molecular complexity index is 873. The number of carbonyl (C=O) groups is 1. The van der Waals surface area contributed by atoms with Crippen LogP contribution in [0.1, 0.15) is 44.6 Å². The molecule has 0 saturated carbocycles. The van der Waals surface area contributed by atoms with Crippen LogP contribution in [0, 0.1) is 5.92 Å². The third kappa shape index (κ3) is 5.81. The molecule has 1 saturated heterocycles. The summed E-state index contributed by atoms with van der Waals surface area (Å²) >= 11 is 12.9. The van der Waals surface area contributed by atoms with Crippen LogP contribution >= 0.6 is 23.2 Å². The van der Waals surface area contributed by atoms with E-state index in [4.69, 9.17) is 32.7 Å². The number of rotatable bonds is 7. The van der Waals surface area contributed by atoms with Crippen LogP contribution in [-0.4, -0.2) is 26.1 Å². The van der Waals surface area contributed by atoms with Gasteiger partial charge in [0, 0.05) is 17.7 Å². The molecule has 1 aliphatic heterocycles. The lowest BCUT2D eigenvalue weighted by Crippen LogP contribution is -2.32. The monoisotopic (exact) mass is 450 g/mol. The van der Waals surface area contributed by atoms with Crippen molar-refractivity contribution in [2.24, 2.45) is 5.92 Å². The summed E-state index contributed by atoms with van der Waals surface area (Å²) in [5.41, 5.74) is 1.59. The molecule has 0 spiro atoms. The van der Waals surface area contributed by atoms with Gasteiger partial charge < -0.3 is 20.1 Å². The molecule has 30 heavy (non-hydrogen) atoms. The van der Waals surface area contributed by atoms with Gasteiger partial charge in [-0.05, 0) is 68.1 Å². The quantitative estimate of drug-likeness (QED) is 0.523. The van der Waals surface area contributed by atoms with E-state index in [9.17, 15) is 4.79 Å². The maximum atomic E-state index is 12.4. The fourth-order valence-electron chi connectivity index (χ4n) is 3.65. The Morgan fingerprint density at radius 1 is 1.23 bits per heavy atom. The first-order valence-electron chi connectivity index (χ1n) is 10.2. The summed E-state index contributed by atoms with van der Waals surface area (Å²) in [6.45, 7) is 6.07. The zero-order valence-electron chi connectivity index (χ0n) is 17.6. The van der Waals surface area contributed by atoms with E-state index in [1.165, 1.54) is 0 Å². The Kier molecular flexibility index (Phi) is 7.87. The smallest absolute Gasteiger partial charge is 0.224 e. The fraction of sp³-hybridized carbons (Fsp3) is 0.435. The Morgan fingerprint density at radius 3 is 2.57 bits per heavy atom. The minimum Gasteiger partial charge on any atom is -0.496 e. The number of piperidine rings is 1. The van der Waals surface area contributed by atoms with Gasteiger partial charge in [0.25, 0.3) is 0 Å². The molecule has 3 rings (SSSR count). The van der Waals surface area contributed by atoms with Gasteiger partial charge >= 0.3 is 0 Å². The Balaban J connectivity index is 1.71. The van der Waals surface area contributed by atoms with Crippen molar-refractivity contribution >= 4 is 34.8 Å². The molecule has 1 amide bonds. The number of methoxy groups -OCH3 is 1. The predicted molar refractivity (Wildman–Crippen MR) is 122 cm³/mol. The molecule has 2 aromatic carbocycles. The van der Waals surface area contributed by atoms with Gasteiger partial charge in [-0.25, -0.2) is 0 Å².